The molecule has 0 saturated carbocycles. The first-order valence-corrected chi connectivity index (χ1v) is 7.01. The van der Waals surface area contributed by atoms with Gasteiger partial charge in [-0.2, -0.15) is 5.10 Å². The van der Waals surface area contributed by atoms with E-state index in [1.165, 1.54) is 0 Å². The second kappa shape index (κ2) is 5.87. The van der Waals surface area contributed by atoms with E-state index in [-0.39, 0.29) is 12.6 Å². The maximum Gasteiger partial charge on any atom is 0.407 e. The third kappa shape index (κ3) is 3.16. The van der Waals surface area contributed by atoms with Gasteiger partial charge < -0.3 is 15.8 Å². The molecule has 6 nitrogen and oxygen atoms in total. The monoisotopic (exact) mass is 286 g/mol. The lowest BCUT2D eigenvalue weighted by molar-refractivity contribution is 0.134. The molecular formula is C15H18N4O2. The van der Waals surface area contributed by atoms with Crippen LogP contribution in [0.4, 0.5) is 10.6 Å². The van der Waals surface area contributed by atoms with E-state index in [1.54, 1.807) is 0 Å². The molecule has 1 amide bonds. The van der Waals surface area contributed by atoms with E-state index in [2.05, 4.69) is 15.5 Å². The second-order valence-corrected chi connectivity index (χ2v) is 5.21. The summed E-state index contributed by atoms with van der Waals surface area (Å²) in [5, 5.41) is 9.81. The molecule has 3 rings (SSSR count). The van der Waals surface area contributed by atoms with Gasteiger partial charge in [-0.1, -0.05) is 30.3 Å². The molecule has 110 valence electrons. The fourth-order valence-corrected chi connectivity index (χ4v) is 2.57. The van der Waals surface area contributed by atoms with E-state index in [0.717, 1.165) is 29.7 Å². The van der Waals surface area contributed by atoms with Crippen molar-refractivity contribution in [3.63, 3.8) is 0 Å². The summed E-state index contributed by atoms with van der Waals surface area (Å²) in [5.41, 5.74) is 8.85. The third-order valence-electron chi connectivity index (χ3n) is 3.71. The molecule has 6 heteroatoms. The van der Waals surface area contributed by atoms with Crippen molar-refractivity contribution < 1.29 is 9.53 Å². The SMILES string of the molecule is Nc1n[nH]c2c1C[C@@H](NC(=O)OCc1ccccc1)CC2. The van der Waals surface area contributed by atoms with Gasteiger partial charge in [0.15, 0.2) is 0 Å². The van der Waals surface area contributed by atoms with Crippen LogP contribution in [0.3, 0.4) is 0 Å². The van der Waals surface area contributed by atoms with E-state index in [1.807, 2.05) is 30.3 Å². The Bertz CT molecular complexity index is 624. The molecule has 0 aliphatic heterocycles. The van der Waals surface area contributed by atoms with Crippen LogP contribution in [0, 0.1) is 0 Å². The Morgan fingerprint density at radius 3 is 3.05 bits per heavy atom. The number of hydrogen-bond donors (Lipinski definition) is 3. The lowest BCUT2D eigenvalue weighted by Crippen LogP contribution is -2.39. The van der Waals surface area contributed by atoms with Gasteiger partial charge in [0.2, 0.25) is 0 Å². The molecule has 1 aliphatic carbocycles. The van der Waals surface area contributed by atoms with Crippen LogP contribution in [0.5, 0.6) is 0 Å². The lowest BCUT2D eigenvalue weighted by atomic mass is 9.93. The number of alkyl carbamates (subject to hydrolysis) is 1. The predicted octanol–water partition coefficient (Wildman–Crippen LogP) is 1.78. The second-order valence-electron chi connectivity index (χ2n) is 5.21. The first kappa shape index (κ1) is 13.5. The normalized spacial score (nSPS) is 17.0. The van der Waals surface area contributed by atoms with Gasteiger partial charge in [0.1, 0.15) is 12.4 Å². The van der Waals surface area contributed by atoms with E-state index in [9.17, 15) is 4.79 Å². The molecule has 2 aromatic rings. The smallest absolute Gasteiger partial charge is 0.407 e. The molecule has 1 aromatic carbocycles. The average molecular weight is 286 g/mol. The zero-order valence-corrected chi connectivity index (χ0v) is 11.6. The van der Waals surface area contributed by atoms with Crippen molar-refractivity contribution >= 4 is 11.9 Å². The fraction of sp³-hybridized carbons (Fsp3) is 0.333. The molecular weight excluding hydrogens is 268 g/mol. The van der Waals surface area contributed by atoms with Crippen LogP contribution in [0.15, 0.2) is 30.3 Å². The summed E-state index contributed by atoms with van der Waals surface area (Å²) in [4.78, 5) is 11.8. The number of anilines is 1. The van der Waals surface area contributed by atoms with Crippen molar-refractivity contribution in [3.8, 4) is 0 Å². The van der Waals surface area contributed by atoms with Crippen molar-refractivity contribution in [1.29, 1.82) is 0 Å². The Morgan fingerprint density at radius 2 is 2.24 bits per heavy atom. The van der Waals surface area contributed by atoms with Crippen molar-refractivity contribution in [3.05, 3.63) is 47.2 Å². The minimum Gasteiger partial charge on any atom is -0.445 e. The van der Waals surface area contributed by atoms with Gasteiger partial charge >= 0.3 is 6.09 Å². The molecule has 1 heterocycles. The number of nitrogen functional groups attached to an aromatic ring is 1. The minimum atomic E-state index is -0.394. The van der Waals surface area contributed by atoms with Crippen LogP contribution in [0.25, 0.3) is 0 Å². The van der Waals surface area contributed by atoms with Crippen molar-refractivity contribution in [1.82, 2.24) is 15.5 Å². The largest absolute Gasteiger partial charge is 0.445 e. The highest BCUT2D eigenvalue weighted by Crippen LogP contribution is 2.23. The zero-order valence-electron chi connectivity index (χ0n) is 11.6. The molecule has 4 N–H and O–H groups in total. The highest BCUT2D eigenvalue weighted by Gasteiger charge is 2.24. The van der Waals surface area contributed by atoms with Crippen molar-refractivity contribution in [2.45, 2.75) is 31.9 Å². The number of carbonyl (C=O) groups excluding carboxylic acids is 1. The predicted molar refractivity (Wildman–Crippen MR) is 78.6 cm³/mol. The number of benzene rings is 1. The minimum absolute atomic E-state index is 0.0423. The quantitative estimate of drug-likeness (QED) is 0.801. The van der Waals surface area contributed by atoms with Gasteiger partial charge in [0.25, 0.3) is 0 Å². The van der Waals surface area contributed by atoms with E-state index in [4.69, 9.17) is 10.5 Å². The number of fused-ring (bicyclic) bond motifs is 1. The van der Waals surface area contributed by atoms with Crippen LogP contribution in [0.1, 0.15) is 23.2 Å². The maximum absolute atomic E-state index is 11.8. The van der Waals surface area contributed by atoms with Gasteiger partial charge in [-0.05, 0) is 24.8 Å². The number of ether oxygens (including phenoxy) is 1. The number of aromatic amines is 1. The number of nitrogens with one attached hydrogen (secondary N) is 2. The number of aromatic nitrogens is 2. The van der Waals surface area contributed by atoms with E-state index in [0.29, 0.717) is 12.2 Å². The first-order chi connectivity index (χ1) is 10.2. The molecule has 0 radical (unpaired) electrons. The highest BCUT2D eigenvalue weighted by atomic mass is 16.5. The Hall–Kier alpha value is -2.50. The number of nitrogens with zero attached hydrogens (tertiary/aromatic N) is 1. The van der Waals surface area contributed by atoms with Crippen molar-refractivity contribution in [2.24, 2.45) is 0 Å². The van der Waals surface area contributed by atoms with Gasteiger partial charge in [0, 0.05) is 17.3 Å². The van der Waals surface area contributed by atoms with Gasteiger partial charge in [-0.15, -0.1) is 0 Å². The molecule has 0 spiro atoms. The van der Waals surface area contributed by atoms with Crippen LogP contribution < -0.4 is 11.1 Å². The summed E-state index contributed by atoms with van der Waals surface area (Å²) in [5.74, 6) is 0.522. The van der Waals surface area contributed by atoms with E-state index >= 15 is 0 Å². The van der Waals surface area contributed by atoms with Gasteiger partial charge in [-0.3, -0.25) is 5.10 Å². The summed E-state index contributed by atoms with van der Waals surface area (Å²) in [6.07, 6.45) is 1.99. The average Bonchev–Trinajstić information content (AvgIpc) is 2.87. The summed E-state index contributed by atoms with van der Waals surface area (Å²) >= 11 is 0. The Kier molecular flexibility index (Phi) is 3.77. The molecule has 21 heavy (non-hydrogen) atoms. The number of carbonyl (C=O) groups is 1. The Balaban J connectivity index is 1.51. The fourth-order valence-electron chi connectivity index (χ4n) is 2.57. The lowest BCUT2D eigenvalue weighted by Gasteiger charge is -2.22. The number of nitrogens with two attached hydrogens (primary N) is 1. The maximum atomic E-state index is 11.8. The number of aryl methyl sites for hydroxylation is 1. The summed E-state index contributed by atoms with van der Waals surface area (Å²) in [6.45, 7) is 0.276. The number of H-pyrrole nitrogens is 1. The standard InChI is InChI=1S/C15H18N4O2/c16-14-12-8-11(6-7-13(12)18-19-14)17-15(20)21-9-10-4-2-1-3-5-10/h1-5,11H,6-9H2,(H,17,20)(H3,16,18,19)/t11-/m0/s1. The Morgan fingerprint density at radius 1 is 1.43 bits per heavy atom. The molecule has 0 saturated heterocycles. The third-order valence-corrected chi connectivity index (χ3v) is 3.71. The first-order valence-electron chi connectivity index (χ1n) is 7.01. The van der Waals surface area contributed by atoms with Gasteiger partial charge in [-0.25, -0.2) is 4.79 Å². The molecule has 1 aromatic heterocycles. The zero-order chi connectivity index (χ0) is 14.7. The Labute approximate surface area is 122 Å². The topological polar surface area (TPSA) is 93.0 Å². The van der Waals surface area contributed by atoms with Crippen LogP contribution >= 0.6 is 0 Å². The van der Waals surface area contributed by atoms with Crippen LogP contribution in [0.2, 0.25) is 0 Å². The molecule has 1 atom stereocenters. The van der Waals surface area contributed by atoms with Crippen molar-refractivity contribution in [2.75, 3.05) is 5.73 Å². The molecule has 1 aliphatic rings. The van der Waals surface area contributed by atoms with Crippen LogP contribution in [-0.2, 0) is 24.2 Å². The summed E-state index contributed by atoms with van der Waals surface area (Å²) in [6, 6.07) is 9.65. The molecule has 0 fully saturated rings. The molecule has 0 unspecified atom stereocenters. The number of hydrogen-bond acceptors (Lipinski definition) is 4. The molecule has 0 bridgehead atoms. The van der Waals surface area contributed by atoms with Crippen LogP contribution in [-0.4, -0.2) is 22.3 Å². The highest BCUT2D eigenvalue weighted by molar-refractivity contribution is 5.67. The summed E-state index contributed by atoms with van der Waals surface area (Å²) < 4.78 is 5.23. The number of rotatable bonds is 3. The summed E-state index contributed by atoms with van der Waals surface area (Å²) in [7, 11) is 0. The van der Waals surface area contributed by atoms with E-state index < -0.39 is 6.09 Å². The number of amides is 1. The van der Waals surface area contributed by atoms with Gasteiger partial charge in [0.05, 0.1) is 0 Å².